The van der Waals surface area contributed by atoms with Crippen LogP contribution in [0.15, 0.2) is 18.2 Å². The van der Waals surface area contributed by atoms with E-state index in [0.717, 1.165) is 47.0 Å². The number of thiazole rings is 1. The van der Waals surface area contributed by atoms with Gasteiger partial charge in [0, 0.05) is 19.0 Å². The number of aromatic nitrogens is 1. The van der Waals surface area contributed by atoms with Gasteiger partial charge in [0.1, 0.15) is 11.3 Å². The number of ether oxygens (including phenoxy) is 1. The van der Waals surface area contributed by atoms with Gasteiger partial charge >= 0.3 is 0 Å². The van der Waals surface area contributed by atoms with Gasteiger partial charge < -0.3 is 15.4 Å². The van der Waals surface area contributed by atoms with Crippen molar-refractivity contribution in [3.63, 3.8) is 0 Å². The number of carbonyl (C=O) groups excluding carboxylic acids is 1. The molecule has 1 aromatic carbocycles. The lowest BCUT2D eigenvalue weighted by Gasteiger charge is -2.30. The van der Waals surface area contributed by atoms with Crippen molar-refractivity contribution in [3.8, 4) is 5.75 Å². The molecule has 1 saturated heterocycles. The van der Waals surface area contributed by atoms with Crippen LogP contribution >= 0.6 is 11.3 Å². The van der Waals surface area contributed by atoms with E-state index >= 15 is 0 Å². The van der Waals surface area contributed by atoms with Gasteiger partial charge in [-0.05, 0) is 31.9 Å². The Morgan fingerprint density at radius 2 is 2.24 bits per heavy atom. The lowest BCUT2D eigenvalue weighted by molar-refractivity contribution is -0.122. The molecule has 0 radical (unpaired) electrons. The molecule has 0 bridgehead atoms. The number of primary amides is 1. The molecule has 2 heterocycles. The lowest BCUT2D eigenvalue weighted by atomic mass is 9.97. The molecular weight excluding hydrogens is 286 g/mol. The minimum Gasteiger partial charge on any atom is -0.492 e. The van der Waals surface area contributed by atoms with Crippen molar-refractivity contribution in [2.45, 2.75) is 19.8 Å². The first-order chi connectivity index (χ1) is 10.2. The van der Waals surface area contributed by atoms with E-state index in [2.05, 4.69) is 11.0 Å². The van der Waals surface area contributed by atoms with Gasteiger partial charge in [-0.2, -0.15) is 0 Å². The average Bonchev–Trinajstić information content (AvgIpc) is 2.93. The molecule has 0 saturated carbocycles. The zero-order valence-electron chi connectivity index (χ0n) is 12.0. The SMILES string of the molecule is CCOc1cccc2sc(N3CCC(C(N)=O)CC3)nc12. The first-order valence-corrected chi connectivity index (χ1v) is 8.07. The minimum absolute atomic E-state index is 0.00890. The van der Waals surface area contributed by atoms with Crippen molar-refractivity contribution < 1.29 is 9.53 Å². The summed E-state index contributed by atoms with van der Waals surface area (Å²) in [4.78, 5) is 18.2. The van der Waals surface area contributed by atoms with Gasteiger partial charge in [-0.3, -0.25) is 4.79 Å². The van der Waals surface area contributed by atoms with E-state index in [9.17, 15) is 4.79 Å². The first kappa shape index (κ1) is 14.1. The summed E-state index contributed by atoms with van der Waals surface area (Å²) in [6.45, 7) is 4.27. The second kappa shape index (κ2) is 5.89. The molecule has 1 fully saturated rings. The minimum atomic E-state index is -0.183. The van der Waals surface area contributed by atoms with E-state index in [0.29, 0.717) is 6.61 Å². The summed E-state index contributed by atoms with van der Waals surface area (Å²) in [6.07, 6.45) is 1.62. The fraction of sp³-hybridized carbons (Fsp3) is 0.467. The van der Waals surface area contributed by atoms with Gasteiger partial charge in [0.05, 0.1) is 11.3 Å². The van der Waals surface area contributed by atoms with E-state index in [4.69, 9.17) is 15.5 Å². The van der Waals surface area contributed by atoms with Crippen molar-refractivity contribution in [3.05, 3.63) is 18.2 Å². The molecule has 1 amide bonds. The number of carbonyl (C=O) groups is 1. The third-order valence-corrected chi connectivity index (χ3v) is 4.92. The maximum atomic E-state index is 11.2. The predicted molar refractivity (Wildman–Crippen MR) is 84.9 cm³/mol. The fourth-order valence-corrected chi connectivity index (χ4v) is 3.71. The number of benzene rings is 1. The van der Waals surface area contributed by atoms with Gasteiger partial charge in [0.2, 0.25) is 5.91 Å². The van der Waals surface area contributed by atoms with Crippen LogP contribution in [0.2, 0.25) is 0 Å². The van der Waals surface area contributed by atoms with Crippen molar-refractivity contribution >= 4 is 32.6 Å². The highest BCUT2D eigenvalue weighted by molar-refractivity contribution is 7.22. The standard InChI is InChI=1S/C15H19N3O2S/c1-2-20-11-4-3-5-12-13(11)17-15(21-12)18-8-6-10(7-9-18)14(16)19/h3-5,10H,2,6-9H2,1H3,(H2,16,19). The Bertz CT molecular complexity index is 647. The number of piperidine rings is 1. The molecule has 1 aliphatic rings. The Balaban J connectivity index is 1.82. The number of hydrogen-bond acceptors (Lipinski definition) is 5. The van der Waals surface area contributed by atoms with Gasteiger partial charge in [-0.15, -0.1) is 0 Å². The van der Waals surface area contributed by atoms with Crippen LogP contribution in [0.1, 0.15) is 19.8 Å². The van der Waals surface area contributed by atoms with Crippen LogP contribution in [0, 0.1) is 5.92 Å². The fourth-order valence-electron chi connectivity index (χ4n) is 2.67. The van der Waals surface area contributed by atoms with E-state index in [1.165, 1.54) is 0 Å². The Morgan fingerprint density at radius 1 is 1.48 bits per heavy atom. The van der Waals surface area contributed by atoms with Crippen LogP contribution in [-0.2, 0) is 4.79 Å². The van der Waals surface area contributed by atoms with Crippen LogP contribution in [0.4, 0.5) is 5.13 Å². The monoisotopic (exact) mass is 305 g/mol. The van der Waals surface area contributed by atoms with Crippen LogP contribution in [-0.4, -0.2) is 30.6 Å². The van der Waals surface area contributed by atoms with Gasteiger partial charge in [-0.25, -0.2) is 4.98 Å². The highest BCUT2D eigenvalue weighted by Gasteiger charge is 2.25. The van der Waals surface area contributed by atoms with Crippen molar-refractivity contribution in [1.82, 2.24) is 4.98 Å². The van der Waals surface area contributed by atoms with Crippen molar-refractivity contribution in [2.24, 2.45) is 11.7 Å². The molecule has 21 heavy (non-hydrogen) atoms. The topological polar surface area (TPSA) is 68.5 Å². The molecule has 0 unspecified atom stereocenters. The van der Waals surface area contributed by atoms with Crippen molar-refractivity contribution in [1.29, 1.82) is 0 Å². The summed E-state index contributed by atoms with van der Waals surface area (Å²) in [5.41, 5.74) is 6.31. The summed E-state index contributed by atoms with van der Waals surface area (Å²) in [7, 11) is 0. The van der Waals surface area contributed by atoms with E-state index < -0.39 is 0 Å². The number of anilines is 1. The molecule has 2 aromatic rings. The van der Waals surface area contributed by atoms with Crippen LogP contribution < -0.4 is 15.4 Å². The first-order valence-electron chi connectivity index (χ1n) is 7.25. The summed E-state index contributed by atoms with van der Waals surface area (Å²) in [5, 5.41) is 1.00. The molecule has 1 aromatic heterocycles. The van der Waals surface area contributed by atoms with Crippen LogP contribution in [0.25, 0.3) is 10.2 Å². The van der Waals surface area contributed by atoms with Crippen molar-refractivity contribution in [2.75, 3.05) is 24.6 Å². The summed E-state index contributed by atoms with van der Waals surface area (Å²) in [6, 6.07) is 6.01. The summed E-state index contributed by atoms with van der Waals surface area (Å²) in [5.74, 6) is 0.664. The molecule has 2 N–H and O–H groups in total. The average molecular weight is 305 g/mol. The molecular formula is C15H19N3O2S. The second-order valence-electron chi connectivity index (χ2n) is 5.20. The van der Waals surface area contributed by atoms with Crippen LogP contribution in [0.3, 0.4) is 0 Å². The molecule has 1 aliphatic heterocycles. The molecule has 6 heteroatoms. The summed E-state index contributed by atoms with van der Waals surface area (Å²) < 4.78 is 6.77. The Hall–Kier alpha value is -1.82. The Morgan fingerprint density at radius 3 is 2.90 bits per heavy atom. The number of rotatable bonds is 4. The highest BCUT2D eigenvalue weighted by atomic mass is 32.1. The third-order valence-electron chi connectivity index (χ3n) is 3.84. The van der Waals surface area contributed by atoms with Gasteiger partial charge in [-0.1, -0.05) is 17.4 Å². The Labute approximate surface area is 127 Å². The van der Waals surface area contributed by atoms with E-state index in [-0.39, 0.29) is 11.8 Å². The zero-order valence-corrected chi connectivity index (χ0v) is 12.9. The lowest BCUT2D eigenvalue weighted by Crippen LogP contribution is -2.38. The number of nitrogens with zero attached hydrogens (tertiary/aromatic N) is 2. The second-order valence-corrected chi connectivity index (χ2v) is 6.21. The summed E-state index contributed by atoms with van der Waals surface area (Å²) >= 11 is 1.67. The smallest absolute Gasteiger partial charge is 0.220 e. The molecule has 0 aliphatic carbocycles. The maximum Gasteiger partial charge on any atom is 0.220 e. The number of para-hydroxylation sites is 1. The zero-order chi connectivity index (χ0) is 14.8. The number of hydrogen-bond donors (Lipinski definition) is 1. The number of amides is 1. The predicted octanol–water partition coefficient (Wildman–Crippen LogP) is 2.40. The molecule has 0 spiro atoms. The normalized spacial score (nSPS) is 16.3. The molecule has 3 rings (SSSR count). The van der Waals surface area contributed by atoms with Gasteiger partial charge in [0.25, 0.3) is 0 Å². The quantitative estimate of drug-likeness (QED) is 0.941. The largest absolute Gasteiger partial charge is 0.492 e. The number of nitrogens with two attached hydrogens (primary N) is 1. The van der Waals surface area contributed by atoms with E-state index in [1.54, 1.807) is 11.3 Å². The maximum absolute atomic E-state index is 11.2. The molecule has 112 valence electrons. The highest BCUT2D eigenvalue weighted by Crippen LogP contribution is 2.35. The molecule has 5 nitrogen and oxygen atoms in total. The molecule has 0 atom stereocenters. The van der Waals surface area contributed by atoms with Gasteiger partial charge in [0.15, 0.2) is 5.13 Å². The Kier molecular flexibility index (Phi) is 3.96. The number of fused-ring (bicyclic) bond motifs is 1. The third kappa shape index (κ3) is 2.81. The van der Waals surface area contributed by atoms with E-state index in [1.807, 2.05) is 19.1 Å². The van der Waals surface area contributed by atoms with Crippen LogP contribution in [0.5, 0.6) is 5.75 Å².